The molecule has 1 aromatic carbocycles. The van der Waals surface area contributed by atoms with Crippen LogP contribution in [-0.2, 0) is 16.4 Å². The number of aromatic nitrogens is 2. The lowest BCUT2D eigenvalue weighted by atomic mass is 10.0. The normalized spacial score (nSPS) is 22.1. The smallest absolute Gasteiger partial charge is 0.152 e. The van der Waals surface area contributed by atoms with Crippen LogP contribution in [0.2, 0.25) is 0 Å². The van der Waals surface area contributed by atoms with E-state index in [1.54, 1.807) is 7.11 Å². The number of nitrogens with one attached hydrogen (secondary N) is 1. The van der Waals surface area contributed by atoms with Crippen LogP contribution in [0.1, 0.15) is 53.9 Å². The number of methoxy groups -OCH3 is 1. The van der Waals surface area contributed by atoms with Gasteiger partial charge >= 0.3 is 0 Å². The lowest BCUT2D eigenvalue weighted by molar-refractivity contribution is 0.237. The van der Waals surface area contributed by atoms with Gasteiger partial charge in [-0.15, -0.1) is 0 Å². The molecule has 31 heavy (non-hydrogen) atoms. The molecule has 2 fully saturated rings. The zero-order valence-electron chi connectivity index (χ0n) is 18.8. The van der Waals surface area contributed by atoms with Gasteiger partial charge in [-0.25, -0.2) is 8.42 Å². The Labute approximate surface area is 185 Å². The fourth-order valence-electron chi connectivity index (χ4n) is 4.97. The van der Waals surface area contributed by atoms with Gasteiger partial charge in [0.1, 0.15) is 5.75 Å². The molecular formula is C23H34N4O3S. The first-order chi connectivity index (χ1) is 14.9. The van der Waals surface area contributed by atoms with E-state index in [0.29, 0.717) is 12.5 Å². The van der Waals surface area contributed by atoms with Crippen molar-refractivity contribution >= 4 is 9.84 Å². The molecule has 170 valence electrons. The van der Waals surface area contributed by atoms with Crippen molar-refractivity contribution in [2.75, 3.05) is 38.2 Å². The van der Waals surface area contributed by atoms with Crippen molar-refractivity contribution < 1.29 is 13.2 Å². The third-order valence-electron chi connectivity index (χ3n) is 6.73. The minimum atomic E-state index is -2.93. The van der Waals surface area contributed by atoms with Crippen molar-refractivity contribution in [1.29, 1.82) is 0 Å². The fraction of sp³-hybridized carbons (Fsp3) is 0.609. The van der Waals surface area contributed by atoms with Crippen molar-refractivity contribution in [3.8, 4) is 5.75 Å². The Morgan fingerprint density at radius 3 is 2.71 bits per heavy atom. The molecule has 8 heteroatoms. The zero-order valence-corrected chi connectivity index (χ0v) is 19.6. The van der Waals surface area contributed by atoms with Gasteiger partial charge in [-0.3, -0.25) is 9.58 Å². The van der Waals surface area contributed by atoms with Crippen LogP contribution in [-0.4, -0.2) is 61.3 Å². The van der Waals surface area contributed by atoms with E-state index in [1.807, 2.05) is 17.7 Å². The predicted molar refractivity (Wildman–Crippen MR) is 122 cm³/mol. The van der Waals surface area contributed by atoms with Crippen molar-refractivity contribution in [3.63, 3.8) is 0 Å². The molecule has 0 aliphatic carbocycles. The van der Waals surface area contributed by atoms with E-state index in [2.05, 4.69) is 35.3 Å². The lowest BCUT2D eigenvalue weighted by Gasteiger charge is -2.28. The summed E-state index contributed by atoms with van der Waals surface area (Å²) >= 11 is 0. The van der Waals surface area contributed by atoms with Gasteiger partial charge in [-0.2, -0.15) is 5.10 Å². The van der Waals surface area contributed by atoms with Gasteiger partial charge in [0.25, 0.3) is 0 Å². The van der Waals surface area contributed by atoms with Crippen LogP contribution in [0.4, 0.5) is 0 Å². The first kappa shape index (κ1) is 22.3. The van der Waals surface area contributed by atoms with Crippen LogP contribution >= 0.6 is 0 Å². The average molecular weight is 447 g/mol. The van der Waals surface area contributed by atoms with Crippen molar-refractivity contribution in [2.24, 2.45) is 0 Å². The number of hydrogen-bond acceptors (Lipinski definition) is 6. The van der Waals surface area contributed by atoms with Crippen molar-refractivity contribution in [2.45, 2.75) is 51.7 Å². The molecule has 2 unspecified atom stereocenters. The summed E-state index contributed by atoms with van der Waals surface area (Å²) < 4.78 is 31.2. The van der Waals surface area contributed by atoms with Gasteiger partial charge in [0.15, 0.2) is 9.84 Å². The maximum Gasteiger partial charge on any atom is 0.152 e. The van der Waals surface area contributed by atoms with E-state index in [1.165, 1.54) is 24.0 Å². The van der Waals surface area contributed by atoms with Gasteiger partial charge in [0.05, 0.1) is 30.4 Å². The molecule has 2 aliphatic rings. The Balaban J connectivity index is 1.46. The van der Waals surface area contributed by atoms with E-state index in [-0.39, 0.29) is 17.5 Å². The first-order valence-electron chi connectivity index (χ1n) is 11.2. The molecule has 2 aliphatic heterocycles. The molecule has 2 aromatic rings. The van der Waals surface area contributed by atoms with Gasteiger partial charge in [-0.05, 0) is 63.9 Å². The summed E-state index contributed by atoms with van der Waals surface area (Å²) in [6.07, 6.45) is 3.15. The third-order valence-corrected chi connectivity index (χ3v) is 8.48. The molecule has 4 rings (SSSR count). The molecule has 7 nitrogen and oxygen atoms in total. The van der Waals surface area contributed by atoms with Gasteiger partial charge in [0.2, 0.25) is 0 Å². The largest absolute Gasteiger partial charge is 0.497 e. The Kier molecular flexibility index (Phi) is 6.69. The second-order valence-electron chi connectivity index (χ2n) is 8.82. The Bertz CT molecular complexity index is 1010. The monoisotopic (exact) mass is 446 g/mol. The number of hydrogen-bond donors (Lipinski definition) is 1. The Hall–Kier alpha value is -1.90. The highest BCUT2D eigenvalue weighted by Crippen LogP contribution is 2.29. The highest BCUT2D eigenvalue weighted by molar-refractivity contribution is 7.91. The van der Waals surface area contributed by atoms with E-state index in [9.17, 15) is 8.42 Å². The minimum Gasteiger partial charge on any atom is -0.497 e. The number of rotatable bonds is 8. The topological polar surface area (TPSA) is 76.5 Å². The van der Waals surface area contributed by atoms with Crippen molar-refractivity contribution in [1.82, 2.24) is 20.0 Å². The molecule has 2 atom stereocenters. The summed E-state index contributed by atoms with van der Waals surface area (Å²) in [4.78, 5) is 2.55. The van der Waals surface area contributed by atoms with E-state index in [4.69, 9.17) is 9.84 Å². The Morgan fingerprint density at radius 2 is 2.03 bits per heavy atom. The van der Waals surface area contributed by atoms with Crippen LogP contribution in [0.25, 0.3) is 0 Å². The SMILES string of the molecule is COc1cccc(C(CNCc2c(C)nn(C3CCS(=O)(=O)C3)c2C)N2CCCC2)c1. The number of aryl methyl sites for hydroxylation is 1. The second-order valence-corrected chi connectivity index (χ2v) is 11.0. The standard InChI is InChI=1S/C23H34N4O3S/c1-17-22(18(2)27(25-17)20-9-12-31(28,29)16-20)14-24-15-23(26-10-4-5-11-26)19-7-6-8-21(13-19)30-3/h6-8,13,20,23-24H,4-5,9-12,14-16H2,1-3H3. The molecule has 1 N–H and O–H groups in total. The van der Waals surface area contributed by atoms with E-state index >= 15 is 0 Å². The summed E-state index contributed by atoms with van der Waals surface area (Å²) in [5.41, 5.74) is 4.50. The minimum absolute atomic E-state index is 0.0356. The number of sulfone groups is 1. The van der Waals surface area contributed by atoms with E-state index in [0.717, 1.165) is 43.3 Å². The fourth-order valence-corrected chi connectivity index (χ4v) is 6.66. The van der Waals surface area contributed by atoms with Crippen LogP contribution < -0.4 is 10.1 Å². The van der Waals surface area contributed by atoms with Crippen LogP contribution in [0.15, 0.2) is 24.3 Å². The van der Waals surface area contributed by atoms with Crippen LogP contribution in [0.3, 0.4) is 0 Å². The summed E-state index contributed by atoms with van der Waals surface area (Å²) in [7, 11) is -1.22. The molecular weight excluding hydrogens is 412 g/mol. The molecule has 0 saturated carbocycles. The molecule has 2 saturated heterocycles. The van der Waals surface area contributed by atoms with Crippen LogP contribution in [0, 0.1) is 13.8 Å². The summed E-state index contributed by atoms with van der Waals surface area (Å²) in [5.74, 6) is 1.36. The van der Waals surface area contributed by atoms with Crippen molar-refractivity contribution in [3.05, 3.63) is 46.8 Å². The summed E-state index contributed by atoms with van der Waals surface area (Å²) in [6.45, 7) is 7.89. The number of benzene rings is 1. The Morgan fingerprint density at radius 1 is 1.26 bits per heavy atom. The van der Waals surface area contributed by atoms with Gasteiger partial charge in [-0.1, -0.05) is 12.1 Å². The molecule has 0 spiro atoms. The first-order valence-corrected chi connectivity index (χ1v) is 13.0. The number of ether oxygens (including phenoxy) is 1. The lowest BCUT2D eigenvalue weighted by Crippen LogP contribution is -2.34. The van der Waals surface area contributed by atoms with E-state index < -0.39 is 9.84 Å². The number of likely N-dealkylation sites (tertiary alicyclic amines) is 1. The van der Waals surface area contributed by atoms with Gasteiger partial charge in [0, 0.05) is 30.4 Å². The third kappa shape index (κ3) is 4.96. The summed E-state index contributed by atoms with van der Waals surface area (Å²) in [5, 5.41) is 8.36. The quantitative estimate of drug-likeness (QED) is 0.672. The highest BCUT2D eigenvalue weighted by atomic mass is 32.2. The zero-order chi connectivity index (χ0) is 22.0. The number of nitrogens with zero attached hydrogens (tertiary/aromatic N) is 3. The maximum absolute atomic E-state index is 11.9. The second kappa shape index (κ2) is 9.30. The predicted octanol–water partition coefficient (Wildman–Crippen LogP) is 2.79. The summed E-state index contributed by atoms with van der Waals surface area (Å²) in [6, 6.07) is 8.63. The molecule has 0 amide bonds. The maximum atomic E-state index is 11.9. The molecule has 1 aromatic heterocycles. The molecule has 0 bridgehead atoms. The average Bonchev–Trinajstić information content (AvgIpc) is 3.46. The highest BCUT2D eigenvalue weighted by Gasteiger charge is 2.31. The molecule has 3 heterocycles. The van der Waals surface area contributed by atoms with Gasteiger partial charge < -0.3 is 10.1 Å². The van der Waals surface area contributed by atoms with Crippen LogP contribution in [0.5, 0.6) is 5.75 Å². The molecule has 0 radical (unpaired) electrons.